The van der Waals surface area contributed by atoms with Crippen molar-refractivity contribution in [2.24, 2.45) is 17.8 Å². The lowest BCUT2D eigenvalue weighted by atomic mass is 9.86. The Morgan fingerprint density at radius 1 is 1.07 bits per heavy atom. The Morgan fingerprint density at radius 3 is 2.63 bits per heavy atom. The Bertz CT molecular complexity index is 710. The third-order valence-corrected chi connectivity index (χ3v) is 6.77. The number of nitrogens with one attached hydrogen (secondary N) is 1. The van der Waals surface area contributed by atoms with Crippen molar-refractivity contribution >= 4 is 29.2 Å². The molecule has 1 aliphatic heterocycles. The zero-order valence-corrected chi connectivity index (χ0v) is 16.5. The lowest BCUT2D eigenvalue weighted by molar-refractivity contribution is -0.132. The number of rotatable bonds is 3. The van der Waals surface area contributed by atoms with Crippen LogP contribution in [0, 0.1) is 17.8 Å². The highest BCUT2D eigenvalue weighted by Gasteiger charge is 2.40. The maximum atomic E-state index is 12.8. The standard InChI is InChI=1S/C21H28ClN3O2/c22-18-3-1-4-19(14-18)23-21(27)25-8-2-7-24(9-10-25)20(26)13-17-12-15-5-6-16(17)11-15/h1,3-4,14-17H,2,5-13H2,(H,23,27)/t15-,16-,17+/m0/s1. The van der Waals surface area contributed by atoms with Gasteiger partial charge in [0.15, 0.2) is 0 Å². The van der Waals surface area contributed by atoms with E-state index in [2.05, 4.69) is 5.32 Å². The molecule has 1 N–H and O–H groups in total. The average Bonchev–Trinajstić information content (AvgIpc) is 3.16. The minimum absolute atomic E-state index is 0.125. The number of carbonyl (C=O) groups is 2. The van der Waals surface area contributed by atoms with Gasteiger partial charge in [0.05, 0.1) is 0 Å². The zero-order chi connectivity index (χ0) is 18.8. The van der Waals surface area contributed by atoms with Crippen LogP contribution in [-0.4, -0.2) is 47.9 Å². The summed E-state index contributed by atoms with van der Waals surface area (Å²) in [4.78, 5) is 29.1. The van der Waals surface area contributed by atoms with Gasteiger partial charge >= 0.3 is 6.03 Å². The van der Waals surface area contributed by atoms with E-state index in [1.54, 1.807) is 17.0 Å². The number of halogens is 1. The fourth-order valence-electron chi connectivity index (χ4n) is 5.12. The van der Waals surface area contributed by atoms with Crippen molar-refractivity contribution in [2.45, 2.75) is 38.5 Å². The number of hydrogen-bond acceptors (Lipinski definition) is 2. The molecule has 0 unspecified atom stereocenters. The molecule has 1 aromatic carbocycles. The summed E-state index contributed by atoms with van der Waals surface area (Å²) < 4.78 is 0. The molecular weight excluding hydrogens is 362 g/mol. The van der Waals surface area contributed by atoms with Gasteiger partial charge in [-0.15, -0.1) is 0 Å². The summed E-state index contributed by atoms with van der Waals surface area (Å²) in [6.07, 6.45) is 6.81. The van der Waals surface area contributed by atoms with Crippen LogP contribution in [0.1, 0.15) is 38.5 Å². The number of benzene rings is 1. The molecule has 3 aliphatic rings. The number of hydrogen-bond donors (Lipinski definition) is 1. The smallest absolute Gasteiger partial charge is 0.321 e. The second kappa shape index (κ2) is 8.09. The number of fused-ring (bicyclic) bond motifs is 2. The lowest BCUT2D eigenvalue weighted by Crippen LogP contribution is -2.39. The number of urea groups is 1. The van der Waals surface area contributed by atoms with Crippen LogP contribution in [-0.2, 0) is 4.79 Å². The first-order chi connectivity index (χ1) is 13.1. The molecule has 3 amide bonds. The molecule has 3 fully saturated rings. The highest BCUT2D eigenvalue weighted by molar-refractivity contribution is 6.30. The largest absolute Gasteiger partial charge is 0.341 e. The van der Waals surface area contributed by atoms with E-state index in [1.165, 1.54) is 25.7 Å². The van der Waals surface area contributed by atoms with Crippen LogP contribution in [0.25, 0.3) is 0 Å². The van der Waals surface area contributed by atoms with Gasteiger partial charge < -0.3 is 15.1 Å². The van der Waals surface area contributed by atoms with Crippen LogP contribution in [0.15, 0.2) is 24.3 Å². The first kappa shape index (κ1) is 18.6. The molecule has 6 heteroatoms. The predicted octanol–water partition coefficient (Wildman–Crippen LogP) is 4.23. The third kappa shape index (κ3) is 4.40. The number of amides is 3. The van der Waals surface area contributed by atoms with Gasteiger partial charge in [-0.2, -0.15) is 0 Å². The van der Waals surface area contributed by atoms with Gasteiger partial charge in [-0.25, -0.2) is 4.79 Å². The van der Waals surface area contributed by atoms with Crippen molar-refractivity contribution in [3.63, 3.8) is 0 Å². The highest BCUT2D eigenvalue weighted by atomic mass is 35.5. The predicted molar refractivity (Wildman–Crippen MR) is 107 cm³/mol. The fourth-order valence-corrected chi connectivity index (χ4v) is 5.31. The van der Waals surface area contributed by atoms with Crippen LogP contribution in [0.2, 0.25) is 5.02 Å². The zero-order valence-electron chi connectivity index (χ0n) is 15.7. The Kier molecular flexibility index (Phi) is 5.58. The quantitative estimate of drug-likeness (QED) is 0.840. The SMILES string of the molecule is O=C(C[C@H]1C[C@H]2CC[C@H]1C2)N1CCCN(C(=O)Nc2cccc(Cl)c2)CC1. The van der Waals surface area contributed by atoms with E-state index in [0.29, 0.717) is 42.7 Å². The van der Waals surface area contributed by atoms with Crippen LogP contribution < -0.4 is 5.32 Å². The van der Waals surface area contributed by atoms with Gasteiger partial charge in [0.1, 0.15) is 0 Å². The van der Waals surface area contributed by atoms with Crippen LogP contribution >= 0.6 is 11.6 Å². The normalized spacial score (nSPS) is 27.5. The number of anilines is 1. The molecule has 27 heavy (non-hydrogen) atoms. The topological polar surface area (TPSA) is 52.7 Å². The molecular formula is C21H28ClN3O2. The molecule has 3 atom stereocenters. The van der Waals surface area contributed by atoms with Gasteiger partial charge in [0.2, 0.25) is 5.91 Å². The molecule has 0 aromatic heterocycles. The molecule has 2 aliphatic carbocycles. The van der Waals surface area contributed by atoms with Gasteiger partial charge in [0, 0.05) is 43.3 Å². The van der Waals surface area contributed by atoms with E-state index < -0.39 is 0 Å². The van der Waals surface area contributed by atoms with E-state index >= 15 is 0 Å². The minimum Gasteiger partial charge on any atom is -0.341 e. The molecule has 0 radical (unpaired) electrons. The van der Waals surface area contributed by atoms with Crippen LogP contribution in [0.5, 0.6) is 0 Å². The molecule has 1 aromatic rings. The molecule has 0 spiro atoms. The molecule has 1 saturated heterocycles. The second-order valence-corrected chi connectivity index (χ2v) is 8.74. The fraction of sp³-hybridized carbons (Fsp3) is 0.619. The molecule has 4 rings (SSSR count). The third-order valence-electron chi connectivity index (χ3n) is 6.53. The first-order valence-electron chi connectivity index (χ1n) is 10.2. The molecule has 5 nitrogen and oxygen atoms in total. The Morgan fingerprint density at radius 2 is 1.89 bits per heavy atom. The lowest BCUT2D eigenvalue weighted by Gasteiger charge is -2.26. The summed E-state index contributed by atoms with van der Waals surface area (Å²) in [6, 6.07) is 7.04. The molecule has 2 bridgehead atoms. The second-order valence-electron chi connectivity index (χ2n) is 8.30. The Labute approximate surface area is 166 Å². The summed E-state index contributed by atoms with van der Waals surface area (Å²) in [5, 5.41) is 3.50. The van der Waals surface area contributed by atoms with Crippen molar-refractivity contribution in [1.29, 1.82) is 0 Å². The summed E-state index contributed by atoms with van der Waals surface area (Å²) in [5.41, 5.74) is 0.695. The monoisotopic (exact) mass is 389 g/mol. The van der Waals surface area contributed by atoms with Gasteiger partial charge in [-0.3, -0.25) is 4.79 Å². The van der Waals surface area contributed by atoms with E-state index in [4.69, 9.17) is 11.6 Å². The van der Waals surface area contributed by atoms with Crippen molar-refractivity contribution in [3.05, 3.63) is 29.3 Å². The van der Waals surface area contributed by atoms with E-state index in [0.717, 1.165) is 24.8 Å². The van der Waals surface area contributed by atoms with Crippen molar-refractivity contribution in [3.8, 4) is 0 Å². The van der Waals surface area contributed by atoms with Gasteiger partial charge in [-0.1, -0.05) is 24.1 Å². The van der Waals surface area contributed by atoms with Crippen LogP contribution in [0.4, 0.5) is 10.5 Å². The van der Waals surface area contributed by atoms with Crippen molar-refractivity contribution < 1.29 is 9.59 Å². The van der Waals surface area contributed by atoms with Crippen molar-refractivity contribution in [1.82, 2.24) is 9.80 Å². The highest BCUT2D eigenvalue weighted by Crippen LogP contribution is 2.49. The molecule has 146 valence electrons. The molecule has 2 saturated carbocycles. The number of nitrogens with zero attached hydrogens (tertiary/aromatic N) is 2. The van der Waals surface area contributed by atoms with E-state index in [-0.39, 0.29) is 11.9 Å². The Hall–Kier alpha value is -1.75. The average molecular weight is 390 g/mol. The van der Waals surface area contributed by atoms with E-state index in [9.17, 15) is 9.59 Å². The van der Waals surface area contributed by atoms with Crippen molar-refractivity contribution in [2.75, 3.05) is 31.5 Å². The number of carbonyl (C=O) groups excluding carboxylic acids is 2. The van der Waals surface area contributed by atoms with Gasteiger partial charge in [0.25, 0.3) is 0 Å². The molecule has 1 heterocycles. The maximum absolute atomic E-state index is 12.8. The minimum atomic E-state index is -0.125. The summed E-state index contributed by atoms with van der Waals surface area (Å²) in [7, 11) is 0. The van der Waals surface area contributed by atoms with Gasteiger partial charge in [-0.05, 0) is 61.6 Å². The first-order valence-corrected chi connectivity index (χ1v) is 10.6. The maximum Gasteiger partial charge on any atom is 0.321 e. The van der Waals surface area contributed by atoms with Crippen LogP contribution in [0.3, 0.4) is 0 Å². The summed E-state index contributed by atoms with van der Waals surface area (Å²) >= 11 is 5.98. The Balaban J connectivity index is 1.28. The summed E-state index contributed by atoms with van der Waals surface area (Å²) in [5.74, 6) is 2.54. The van der Waals surface area contributed by atoms with E-state index in [1.807, 2.05) is 17.0 Å². The summed E-state index contributed by atoms with van der Waals surface area (Å²) in [6.45, 7) is 2.63.